The third kappa shape index (κ3) is 2.57. The van der Waals surface area contributed by atoms with Gasteiger partial charge in [-0.15, -0.1) is 0 Å². The Balaban J connectivity index is 2.15. The lowest BCUT2D eigenvalue weighted by molar-refractivity contribution is -0.125. The summed E-state index contributed by atoms with van der Waals surface area (Å²) >= 11 is 0. The van der Waals surface area contributed by atoms with Crippen LogP contribution in [0.15, 0.2) is 18.2 Å². The number of carbonyl (C=O) groups is 1. The SMILES string of the molecule is COc1ccc(NC(=O)C2(C)COCC2N)c(C)c1. The maximum atomic E-state index is 12.4. The number of benzene rings is 1. The van der Waals surface area contributed by atoms with E-state index in [4.69, 9.17) is 15.2 Å². The van der Waals surface area contributed by atoms with Crippen molar-refractivity contribution in [1.82, 2.24) is 0 Å². The van der Waals surface area contributed by atoms with Crippen molar-refractivity contribution >= 4 is 11.6 Å². The first kappa shape index (κ1) is 13.8. The summed E-state index contributed by atoms with van der Waals surface area (Å²) in [4.78, 5) is 12.4. The number of ether oxygens (including phenoxy) is 2. The molecule has 0 aromatic heterocycles. The van der Waals surface area contributed by atoms with Crippen LogP contribution in [0.25, 0.3) is 0 Å². The Kier molecular flexibility index (Phi) is 3.78. The topological polar surface area (TPSA) is 73.6 Å². The van der Waals surface area contributed by atoms with Gasteiger partial charge in [-0.3, -0.25) is 4.79 Å². The maximum Gasteiger partial charge on any atom is 0.234 e. The zero-order chi connectivity index (χ0) is 14.0. The molecule has 1 aromatic carbocycles. The number of carbonyl (C=O) groups excluding carboxylic acids is 1. The van der Waals surface area contributed by atoms with Gasteiger partial charge in [0.05, 0.1) is 25.7 Å². The van der Waals surface area contributed by atoms with Gasteiger partial charge in [0.2, 0.25) is 5.91 Å². The normalized spacial score (nSPS) is 26.2. The van der Waals surface area contributed by atoms with Crippen LogP contribution in [0.1, 0.15) is 12.5 Å². The highest BCUT2D eigenvalue weighted by atomic mass is 16.5. The molecule has 2 rings (SSSR count). The molecule has 0 aliphatic carbocycles. The molecule has 5 nitrogen and oxygen atoms in total. The van der Waals surface area contributed by atoms with Crippen LogP contribution in [0, 0.1) is 12.3 Å². The highest BCUT2D eigenvalue weighted by molar-refractivity contribution is 5.96. The summed E-state index contributed by atoms with van der Waals surface area (Å²) < 4.78 is 10.4. The van der Waals surface area contributed by atoms with Crippen molar-refractivity contribution in [3.8, 4) is 5.75 Å². The van der Waals surface area contributed by atoms with Gasteiger partial charge in [0, 0.05) is 11.7 Å². The molecular weight excluding hydrogens is 244 g/mol. The van der Waals surface area contributed by atoms with E-state index < -0.39 is 5.41 Å². The molecule has 1 aliphatic rings. The summed E-state index contributed by atoms with van der Waals surface area (Å²) in [5.74, 6) is 0.661. The molecule has 2 atom stereocenters. The molecule has 1 fully saturated rings. The third-order valence-electron chi connectivity index (χ3n) is 3.72. The molecule has 1 heterocycles. The van der Waals surface area contributed by atoms with Crippen LogP contribution in [0.3, 0.4) is 0 Å². The largest absolute Gasteiger partial charge is 0.497 e. The van der Waals surface area contributed by atoms with Crippen molar-refractivity contribution in [1.29, 1.82) is 0 Å². The van der Waals surface area contributed by atoms with Crippen LogP contribution in [0.2, 0.25) is 0 Å². The van der Waals surface area contributed by atoms with E-state index in [2.05, 4.69) is 5.32 Å². The second-order valence-corrected chi connectivity index (χ2v) is 5.17. The average molecular weight is 264 g/mol. The molecule has 0 saturated carbocycles. The first-order chi connectivity index (χ1) is 8.97. The molecule has 0 spiro atoms. The Morgan fingerprint density at radius 1 is 1.58 bits per heavy atom. The number of rotatable bonds is 3. The molecule has 1 saturated heterocycles. The van der Waals surface area contributed by atoms with Gasteiger partial charge in [0.25, 0.3) is 0 Å². The second kappa shape index (κ2) is 5.19. The van der Waals surface area contributed by atoms with Crippen LogP contribution in [0.5, 0.6) is 5.75 Å². The average Bonchev–Trinajstić information content (AvgIpc) is 2.73. The molecule has 104 valence electrons. The van der Waals surface area contributed by atoms with E-state index >= 15 is 0 Å². The van der Waals surface area contributed by atoms with Crippen LogP contribution in [-0.2, 0) is 9.53 Å². The molecular formula is C14H20N2O3. The molecule has 5 heteroatoms. The number of amides is 1. The van der Waals surface area contributed by atoms with Gasteiger partial charge in [-0.25, -0.2) is 0 Å². The standard InChI is InChI=1S/C14H20N2O3/c1-9-6-10(18-3)4-5-11(9)16-13(17)14(2)8-19-7-12(14)15/h4-6,12H,7-8,15H2,1-3H3,(H,16,17). The summed E-state index contributed by atoms with van der Waals surface area (Å²) in [6, 6.07) is 5.25. The van der Waals surface area contributed by atoms with Gasteiger partial charge in [0.1, 0.15) is 5.75 Å². The van der Waals surface area contributed by atoms with Gasteiger partial charge in [-0.2, -0.15) is 0 Å². The number of hydrogen-bond acceptors (Lipinski definition) is 4. The predicted octanol–water partition coefficient (Wildman–Crippen LogP) is 1.31. The number of hydrogen-bond donors (Lipinski definition) is 2. The molecule has 19 heavy (non-hydrogen) atoms. The van der Waals surface area contributed by atoms with Crippen molar-refractivity contribution in [2.75, 3.05) is 25.6 Å². The Hall–Kier alpha value is -1.59. The number of nitrogens with one attached hydrogen (secondary N) is 1. The van der Waals surface area contributed by atoms with Crippen LogP contribution in [-0.4, -0.2) is 32.3 Å². The van der Waals surface area contributed by atoms with Gasteiger partial charge in [0.15, 0.2) is 0 Å². The lowest BCUT2D eigenvalue weighted by atomic mass is 9.84. The van der Waals surface area contributed by atoms with E-state index in [0.29, 0.717) is 13.2 Å². The van der Waals surface area contributed by atoms with Crippen LogP contribution >= 0.6 is 0 Å². The van der Waals surface area contributed by atoms with Gasteiger partial charge >= 0.3 is 0 Å². The van der Waals surface area contributed by atoms with Crippen molar-refractivity contribution < 1.29 is 14.3 Å². The zero-order valence-corrected chi connectivity index (χ0v) is 11.5. The minimum absolute atomic E-state index is 0.106. The third-order valence-corrected chi connectivity index (χ3v) is 3.72. The van der Waals surface area contributed by atoms with Crippen molar-refractivity contribution in [2.24, 2.45) is 11.1 Å². The Bertz CT molecular complexity index is 490. The summed E-state index contributed by atoms with van der Waals surface area (Å²) in [5.41, 5.74) is 6.99. The highest BCUT2D eigenvalue weighted by Crippen LogP contribution is 2.30. The summed E-state index contributed by atoms with van der Waals surface area (Å²) in [7, 11) is 1.61. The number of anilines is 1. The number of aryl methyl sites for hydroxylation is 1. The van der Waals surface area contributed by atoms with Crippen LogP contribution in [0.4, 0.5) is 5.69 Å². The first-order valence-corrected chi connectivity index (χ1v) is 6.27. The van der Waals surface area contributed by atoms with Crippen molar-refractivity contribution in [3.05, 3.63) is 23.8 Å². The predicted molar refractivity (Wildman–Crippen MR) is 73.3 cm³/mol. The molecule has 1 aromatic rings. The van der Waals surface area contributed by atoms with Crippen molar-refractivity contribution in [3.63, 3.8) is 0 Å². The van der Waals surface area contributed by atoms with E-state index in [1.54, 1.807) is 7.11 Å². The fourth-order valence-electron chi connectivity index (χ4n) is 2.09. The molecule has 2 unspecified atom stereocenters. The number of nitrogens with two attached hydrogens (primary N) is 1. The first-order valence-electron chi connectivity index (χ1n) is 6.27. The van der Waals surface area contributed by atoms with Gasteiger partial charge < -0.3 is 20.5 Å². The molecule has 1 aliphatic heterocycles. The van der Waals surface area contributed by atoms with E-state index in [9.17, 15) is 4.79 Å². The summed E-state index contributed by atoms with van der Waals surface area (Å²) in [5, 5.41) is 2.92. The quantitative estimate of drug-likeness (QED) is 0.863. The zero-order valence-electron chi connectivity index (χ0n) is 11.5. The van der Waals surface area contributed by atoms with E-state index in [1.807, 2.05) is 32.0 Å². The van der Waals surface area contributed by atoms with Gasteiger partial charge in [-0.1, -0.05) is 0 Å². The minimum Gasteiger partial charge on any atom is -0.497 e. The Morgan fingerprint density at radius 2 is 2.32 bits per heavy atom. The van der Waals surface area contributed by atoms with Gasteiger partial charge in [-0.05, 0) is 37.6 Å². The lowest BCUT2D eigenvalue weighted by Crippen LogP contribution is -2.47. The number of methoxy groups -OCH3 is 1. The lowest BCUT2D eigenvalue weighted by Gasteiger charge is -2.25. The molecule has 1 amide bonds. The summed E-state index contributed by atoms with van der Waals surface area (Å²) in [6.07, 6.45) is 0. The van der Waals surface area contributed by atoms with E-state index in [-0.39, 0.29) is 11.9 Å². The van der Waals surface area contributed by atoms with E-state index in [0.717, 1.165) is 17.0 Å². The summed E-state index contributed by atoms with van der Waals surface area (Å²) in [6.45, 7) is 4.53. The highest BCUT2D eigenvalue weighted by Gasteiger charge is 2.44. The second-order valence-electron chi connectivity index (χ2n) is 5.17. The fraction of sp³-hybridized carbons (Fsp3) is 0.500. The molecule has 3 N–H and O–H groups in total. The minimum atomic E-state index is -0.674. The Labute approximate surface area is 113 Å². The molecule has 0 bridgehead atoms. The van der Waals surface area contributed by atoms with E-state index in [1.165, 1.54) is 0 Å². The monoisotopic (exact) mass is 264 g/mol. The van der Waals surface area contributed by atoms with Crippen LogP contribution < -0.4 is 15.8 Å². The Morgan fingerprint density at radius 3 is 2.84 bits per heavy atom. The smallest absolute Gasteiger partial charge is 0.234 e. The van der Waals surface area contributed by atoms with Crippen molar-refractivity contribution in [2.45, 2.75) is 19.9 Å². The molecule has 0 radical (unpaired) electrons. The fourth-order valence-corrected chi connectivity index (χ4v) is 2.09. The maximum absolute atomic E-state index is 12.4.